The predicted octanol–water partition coefficient (Wildman–Crippen LogP) is 4.73. The molecule has 1 N–H and O–H groups in total. The summed E-state index contributed by atoms with van der Waals surface area (Å²) in [4.78, 5) is 11.1. The van der Waals surface area contributed by atoms with Gasteiger partial charge in [-0.05, 0) is 59.3 Å². The van der Waals surface area contributed by atoms with Crippen molar-refractivity contribution in [2.24, 2.45) is 0 Å². The van der Waals surface area contributed by atoms with E-state index in [1.54, 1.807) is 6.07 Å². The summed E-state index contributed by atoms with van der Waals surface area (Å²) in [6.07, 6.45) is 0. The van der Waals surface area contributed by atoms with Gasteiger partial charge in [-0.15, -0.1) is 0 Å². The average Bonchev–Trinajstić information content (AvgIpc) is 2.46. The predicted molar refractivity (Wildman–Crippen MR) is 95.8 cm³/mol. The van der Waals surface area contributed by atoms with Crippen molar-refractivity contribution in [1.82, 2.24) is 0 Å². The lowest BCUT2D eigenvalue weighted by atomic mass is 10.2. The second-order valence-electron chi connectivity index (χ2n) is 4.44. The maximum absolute atomic E-state index is 11.1. The molecule has 0 spiro atoms. The summed E-state index contributed by atoms with van der Waals surface area (Å²) in [6.45, 7) is 2.66. The van der Waals surface area contributed by atoms with Gasteiger partial charge in [0.25, 0.3) is 0 Å². The lowest BCUT2D eigenvalue weighted by Gasteiger charge is -2.14. The second kappa shape index (κ2) is 7.82. The van der Waals surface area contributed by atoms with Gasteiger partial charge in [-0.25, -0.2) is 4.79 Å². The molecule has 0 aromatic heterocycles. The number of halogens is 2. The molecule has 2 rings (SSSR count). The zero-order chi connectivity index (χ0) is 16.1. The zero-order valence-electron chi connectivity index (χ0n) is 11.8. The summed E-state index contributed by atoms with van der Waals surface area (Å²) in [5, 5.41) is 9.13. The quantitative estimate of drug-likeness (QED) is 0.612. The van der Waals surface area contributed by atoms with Crippen molar-refractivity contribution < 1.29 is 19.4 Å². The van der Waals surface area contributed by atoms with Gasteiger partial charge in [0.05, 0.1) is 15.7 Å². The van der Waals surface area contributed by atoms with E-state index in [1.807, 2.05) is 31.2 Å². The number of carboxylic acids is 1. The van der Waals surface area contributed by atoms with Gasteiger partial charge in [-0.1, -0.05) is 28.1 Å². The Morgan fingerprint density at radius 2 is 2.05 bits per heavy atom. The van der Waals surface area contributed by atoms with Crippen LogP contribution in [-0.2, 0) is 6.61 Å². The van der Waals surface area contributed by atoms with Crippen LogP contribution in [0.15, 0.2) is 40.9 Å². The highest BCUT2D eigenvalue weighted by Gasteiger charge is 2.15. The minimum atomic E-state index is -0.989. The van der Waals surface area contributed by atoms with Crippen LogP contribution in [0.25, 0.3) is 0 Å². The molecule has 22 heavy (non-hydrogen) atoms. The normalized spacial score (nSPS) is 10.3. The van der Waals surface area contributed by atoms with Gasteiger partial charge in [0.1, 0.15) is 6.61 Å². The molecule has 0 heterocycles. The van der Waals surface area contributed by atoms with Gasteiger partial charge in [0.15, 0.2) is 11.5 Å². The maximum atomic E-state index is 11.1. The number of rotatable bonds is 6. The van der Waals surface area contributed by atoms with Crippen molar-refractivity contribution in [3.8, 4) is 11.5 Å². The highest BCUT2D eigenvalue weighted by atomic mass is 127. The number of hydrogen-bond acceptors (Lipinski definition) is 3. The number of carbonyl (C=O) groups is 1. The first kappa shape index (κ1) is 17.1. The van der Waals surface area contributed by atoms with Crippen molar-refractivity contribution in [3.05, 3.63) is 55.6 Å². The van der Waals surface area contributed by atoms with Gasteiger partial charge < -0.3 is 14.6 Å². The summed E-state index contributed by atoms with van der Waals surface area (Å²) in [5.74, 6) is 0.0200. The third-order valence-electron chi connectivity index (χ3n) is 2.83. The minimum Gasteiger partial charge on any atom is -0.490 e. The number of aromatic carboxylic acids is 1. The first-order valence-electron chi connectivity index (χ1n) is 6.58. The summed E-state index contributed by atoms with van der Waals surface area (Å²) in [7, 11) is 0. The molecule has 0 saturated heterocycles. The standard InChI is InChI=1S/C16H14BrIO4/c1-2-21-14-8-11(16(19)20)7-13(18)15(14)22-9-10-4-3-5-12(17)6-10/h3-8H,2,9H2,1H3,(H,19,20). The van der Waals surface area contributed by atoms with Crippen molar-refractivity contribution in [2.45, 2.75) is 13.5 Å². The van der Waals surface area contributed by atoms with E-state index in [0.29, 0.717) is 28.3 Å². The van der Waals surface area contributed by atoms with Crippen LogP contribution in [0, 0.1) is 3.57 Å². The molecule has 0 amide bonds. The van der Waals surface area contributed by atoms with Crippen LogP contribution < -0.4 is 9.47 Å². The third kappa shape index (κ3) is 4.36. The maximum Gasteiger partial charge on any atom is 0.335 e. The second-order valence-corrected chi connectivity index (χ2v) is 6.52. The number of ether oxygens (including phenoxy) is 2. The van der Waals surface area contributed by atoms with Crippen molar-refractivity contribution >= 4 is 44.5 Å². The highest BCUT2D eigenvalue weighted by Crippen LogP contribution is 2.35. The topological polar surface area (TPSA) is 55.8 Å². The fourth-order valence-corrected chi connectivity index (χ4v) is 3.08. The summed E-state index contributed by atoms with van der Waals surface area (Å²) < 4.78 is 13.1. The molecule has 6 heteroatoms. The molecule has 2 aromatic carbocycles. The van der Waals surface area contributed by atoms with Crippen LogP contribution in [0.2, 0.25) is 0 Å². The van der Waals surface area contributed by atoms with E-state index in [9.17, 15) is 4.79 Å². The van der Waals surface area contributed by atoms with Crippen LogP contribution in [0.3, 0.4) is 0 Å². The van der Waals surface area contributed by atoms with Crippen LogP contribution in [-0.4, -0.2) is 17.7 Å². The molecule has 0 atom stereocenters. The van der Waals surface area contributed by atoms with Crippen molar-refractivity contribution in [3.63, 3.8) is 0 Å². The average molecular weight is 477 g/mol. The first-order valence-corrected chi connectivity index (χ1v) is 8.45. The molecule has 4 nitrogen and oxygen atoms in total. The molecule has 2 aromatic rings. The molecular weight excluding hydrogens is 463 g/mol. The molecular formula is C16H14BrIO4. The molecule has 0 radical (unpaired) electrons. The Morgan fingerprint density at radius 1 is 1.27 bits per heavy atom. The monoisotopic (exact) mass is 476 g/mol. The Morgan fingerprint density at radius 3 is 2.68 bits per heavy atom. The highest BCUT2D eigenvalue weighted by molar-refractivity contribution is 14.1. The third-order valence-corrected chi connectivity index (χ3v) is 4.12. The van der Waals surface area contributed by atoms with Gasteiger partial charge in [0.2, 0.25) is 0 Å². The Hall–Kier alpha value is -1.28. The fourth-order valence-electron chi connectivity index (χ4n) is 1.88. The van der Waals surface area contributed by atoms with Crippen LogP contribution in [0.1, 0.15) is 22.8 Å². The molecule has 0 fully saturated rings. The van der Waals surface area contributed by atoms with Gasteiger partial charge in [-0.2, -0.15) is 0 Å². The smallest absolute Gasteiger partial charge is 0.335 e. The van der Waals surface area contributed by atoms with Crippen LogP contribution >= 0.6 is 38.5 Å². The van der Waals surface area contributed by atoms with Crippen molar-refractivity contribution in [2.75, 3.05) is 6.61 Å². The van der Waals surface area contributed by atoms with Crippen LogP contribution in [0.5, 0.6) is 11.5 Å². The van der Waals surface area contributed by atoms with E-state index in [0.717, 1.165) is 10.0 Å². The summed E-state index contributed by atoms with van der Waals surface area (Å²) >= 11 is 5.48. The SMILES string of the molecule is CCOc1cc(C(=O)O)cc(I)c1OCc1cccc(Br)c1. The summed E-state index contributed by atoms with van der Waals surface area (Å²) in [6, 6.07) is 10.9. The van der Waals surface area contributed by atoms with Gasteiger partial charge in [-0.3, -0.25) is 0 Å². The lowest BCUT2D eigenvalue weighted by Crippen LogP contribution is -2.04. The van der Waals surface area contributed by atoms with Gasteiger partial charge in [0, 0.05) is 4.47 Å². The molecule has 0 aliphatic carbocycles. The number of carboxylic acid groups (broad SMARTS) is 1. The Kier molecular flexibility index (Phi) is 6.07. The van der Waals surface area contributed by atoms with Gasteiger partial charge >= 0.3 is 5.97 Å². The zero-order valence-corrected chi connectivity index (χ0v) is 15.5. The van der Waals surface area contributed by atoms with E-state index in [1.165, 1.54) is 6.07 Å². The molecule has 116 valence electrons. The van der Waals surface area contributed by atoms with E-state index in [-0.39, 0.29) is 5.56 Å². The Bertz CT molecular complexity index is 688. The van der Waals surface area contributed by atoms with Crippen molar-refractivity contribution in [1.29, 1.82) is 0 Å². The number of hydrogen-bond donors (Lipinski definition) is 1. The molecule has 0 unspecified atom stereocenters. The number of benzene rings is 2. The lowest BCUT2D eigenvalue weighted by molar-refractivity contribution is 0.0696. The molecule has 0 bridgehead atoms. The van der Waals surface area contributed by atoms with E-state index in [2.05, 4.69) is 38.5 Å². The van der Waals surface area contributed by atoms with E-state index < -0.39 is 5.97 Å². The Balaban J connectivity index is 2.27. The van der Waals surface area contributed by atoms with Crippen LogP contribution in [0.4, 0.5) is 0 Å². The minimum absolute atomic E-state index is 0.183. The molecule has 0 saturated carbocycles. The largest absolute Gasteiger partial charge is 0.490 e. The first-order chi connectivity index (χ1) is 10.5. The molecule has 0 aliphatic heterocycles. The summed E-state index contributed by atoms with van der Waals surface area (Å²) in [5.41, 5.74) is 1.19. The van der Waals surface area contributed by atoms with E-state index >= 15 is 0 Å². The van der Waals surface area contributed by atoms with E-state index in [4.69, 9.17) is 14.6 Å². The fraction of sp³-hybridized carbons (Fsp3) is 0.188. The molecule has 0 aliphatic rings. The Labute approximate surface area is 150 Å².